The molecule has 5 aromatic heterocycles. The van der Waals surface area contributed by atoms with E-state index < -0.39 is 0 Å². The number of fused-ring (bicyclic) bond motifs is 7. The largest absolute Gasteiger partial charge is 0.308 e. The highest BCUT2D eigenvalue weighted by atomic mass is 15.1. The lowest BCUT2D eigenvalue weighted by Gasteiger charge is -2.24. The van der Waals surface area contributed by atoms with Crippen molar-refractivity contribution in [3.63, 3.8) is 0 Å². The summed E-state index contributed by atoms with van der Waals surface area (Å²) in [4.78, 5) is 14.1. The van der Waals surface area contributed by atoms with Crippen LogP contribution in [-0.4, -0.2) is 28.3 Å². The Morgan fingerprint density at radius 3 is 1.98 bits per heavy atom. The Labute approximate surface area is 340 Å². The summed E-state index contributed by atoms with van der Waals surface area (Å²) in [5, 5.41) is 3.76. The number of hydrogen-bond donors (Lipinski definition) is 0. The number of aromatic nitrogens is 6. The quantitative estimate of drug-likeness (QED) is 0.159. The van der Waals surface area contributed by atoms with Crippen molar-refractivity contribution in [3.8, 4) is 50.6 Å². The Bertz CT molecular complexity index is 3320. The monoisotopic (exact) mass is 756 g/mol. The smallest absolute Gasteiger partial charge is 0.234 e. The zero-order valence-electron chi connectivity index (χ0n) is 32.0. The molecule has 0 fully saturated rings. The number of benzene rings is 6. The van der Waals surface area contributed by atoms with Crippen LogP contribution in [0.1, 0.15) is 22.6 Å². The second-order valence-corrected chi connectivity index (χ2v) is 15.3. The summed E-state index contributed by atoms with van der Waals surface area (Å²) >= 11 is 0. The molecule has 1 unspecified atom stereocenters. The Kier molecular flexibility index (Phi) is 7.56. The predicted molar refractivity (Wildman–Crippen MR) is 239 cm³/mol. The van der Waals surface area contributed by atoms with Gasteiger partial charge in [-0.15, -0.1) is 0 Å². The minimum Gasteiger partial charge on any atom is -0.308 e. The van der Waals surface area contributed by atoms with E-state index in [1.54, 1.807) is 6.20 Å². The molecule has 0 amide bonds. The third-order valence-corrected chi connectivity index (χ3v) is 12.0. The van der Waals surface area contributed by atoms with Crippen LogP contribution in [-0.2, 0) is 6.42 Å². The maximum Gasteiger partial charge on any atom is 0.234 e. The van der Waals surface area contributed by atoms with E-state index in [4.69, 9.17) is 9.97 Å². The summed E-state index contributed by atoms with van der Waals surface area (Å²) in [5.74, 6) is 0.851. The molecule has 0 radical (unpaired) electrons. The molecule has 0 spiro atoms. The minimum atomic E-state index is 0.148. The highest BCUT2D eigenvalue weighted by molar-refractivity contribution is 6.16. The molecule has 0 N–H and O–H groups in total. The fourth-order valence-electron chi connectivity index (χ4n) is 9.21. The lowest BCUT2D eigenvalue weighted by molar-refractivity contribution is 0.962. The zero-order chi connectivity index (χ0) is 38.9. The minimum absolute atomic E-state index is 0.148. The second kappa shape index (κ2) is 13.4. The molecule has 0 saturated heterocycles. The van der Waals surface area contributed by atoms with Crippen molar-refractivity contribution >= 4 is 33.1 Å². The topological polar surface area (TPSA) is 52.4 Å². The Morgan fingerprint density at radius 1 is 0.525 bits per heavy atom. The van der Waals surface area contributed by atoms with Gasteiger partial charge in [-0.3, -0.25) is 4.40 Å². The number of nitrogens with zero attached hydrogens (tertiary/aromatic N) is 6. The maximum atomic E-state index is 4.92. The molecule has 0 bridgehead atoms. The van der Waals surface area contributed by atoms with Gasteiger partial charge < -0.3 is 8.97 Å². The van der Waals surface area contributed by atoms with Crippen LogP contribution in [0.2, 0.25) is 0 Å². The molecule has 0 aliphatic heterocycles. The summed E-state index contributed by atoms with van der Waals surface area (Å²) in [6.45, 7) is 0. The predicted octanol–water partition coefficient (Wildman–Crippen LogP) is 12.4. The Morgan fingerprint density at radius 2 is 1.20 bits per heavy atom. The summed E-state index contributed by atoms with van der Waals surface area (Å²) in [6, 6.07) is 57.0. The molecular formula is C53H36N6. The van der Waals surface area contributed by atoms with Crippen molar-refractivity contribution < 1.29 is 0 Å². The third-order valence-electron chi connectivity index (χ3n) is 12.0. The van der Waals surface area contributed by atoms with Crippen molar-refractivity contribution in [1.82, 2.24) is 28.3 Å². The van der Waals surface area contributed by atoms with Crippen LogP contribution in [0.4, 0.5) is 0 Å². The van der Waals surface area contributed by atoms with E-state index in [0.29, 0.717) is 5.78 Å². The van der Waals surface area contributed by atoms with Crippen LogP contribution in [0, 0.1) is 0 Å². The molecule has 6 nitrogen and oxygen atoms in total. The van der Waals surface area contributed by atoms with Crippen LogP contribution in [0.25, 0.3) is 83.7 Å². The molecule has 12 rings (SSSR count). The molecular weight excluding hydrogens is 721 g/mol. The average Bonchev–Trinajstić information content (AvgIpc) is 4.04. The summed E-state index contributed by atoms with van der Waals surface area (Å²) in [6.07, 6.45) is 15.5. The molecule has 1 aliphatic carbocycles. The molecule has 0 saturated carbocycles. The van der Waals surface area contributed by atoms with Gasteiger partial charge in [0.2, 0.25) is 5.78 Å². The number of hydrogen-bond acceptors (Lipinski definition) is 3. The standard InChI is InChI=1S/C53H36N6/c1-3-11-38(12-4-1)50-46-29-27-44-42-16-9-15-41(35-18-20-36(21-19-35)48-34-58-32-10-30-54-53(58)56-48)43(42)26-28-45(44)52(46)59(51(50)39-13-5-2-6-14-39)40-24-22-37(23-25-40)47-33-57-31-8-7-17-49(57)55-47/h1-15,17-34,41H,16H2. The van der Waals surface area contributed by atoms with Crippen molar-refractivity contribution in [2.75, 3.05) is 0 Å². The number of rotatable bonds is 6. The van der Waals surface area contributed by atoms with E-state index in [1.807, 2.05) is 47.3 Å². The Balaban J connectivity index is 1.04. The summed E-state index contributed by atoms with van der Waals surface area (Å²) in [7, 11) is 0. The molecule has 6 heteroatoms. The average molecular weight is 757 g/mol. The van der Waals surface area contributed by atoms with Gasteiger partial charge in [0, 0.05) is 70.1 Å². The van der Waals surface area contributed by atoms with Gasteiger partial charge in [-0.1, -0.05) is 140 Å². The van der Waals surface area contributed by atoms with E-state index in [-0.39, 0.29) is 5.92 Å². The SMILES string of the molecule is C1=CC(c2ccc(-c3cn4cccnc4n3)cc2)c2ccc3c(ccc4c(-c5ccccc5)c(-c5ccccc5)n(-c5ccc(-c6cn7ccccc7n6)cc5)c43)c2C1. The molecule has 1 aliphatic rings. The lowest BCUT2D eigenvalue weighted by Crippen LogP contribution is -2.07. The lowest BCUT2D eigenvalue weighted by atomic mass is 9.80. The zero-order valence-corrected chi connectivity index (χ0v) is 32.0. The highest BCUT2D eigenvalue weighted by Gasteiger charge is 2.26. The van der Waals surface area contributed by atoms with Crippen LogP contribution in [0.5, 0.6) is 0 Å². The van der Waals surface area contributed by atoms with Gasteiger partial charge in [-0.2, -0.15) is 0 Å². The van der Waals surface area contributed by atoms with Crippen LogP contribution in [0.15, 0.2) is 201 Å². The normalized spacial score (nSPS) is 13.8. The highest BCUT2D eigenvalue weighted by Crippen LogP contribution is 2.47. The molecule has 6 aromatic carbocycles. The Hall–Kier alpha value is -7.83. The fourth-order valence-corrected chi connectivity index (χ4v) is 9.21. The first kappa shape index (κ1) is 33.3. The van der Waals surface area contributed by atoms with E-state index in [9.17, 15) is 0 Å². The van der Waals surface area contributed by atoms with Crippen molar-refractivity contribution in [2.24, 2.45) is 0 Å². The van der Waals surface area contributed by atoms with Gasteiger partial charge in [0.05, 0.1) is 22.6 Å². The molecule has 5 heterocycles. The first-order valence-electron chi connectivity index (χ1n) is 20.1. The van der Waals surface area contributed by atoms with E-state index in [1.165, 1.54) is 60.8 Å². The second-order valence-electron chi connectivity index (χ2n) is 15.3. The fraction of sp³-hybridized carbons (Fsp3) is 0.0377. The van der Waals surface area contributed by atoms with E-state index >= 15 is 0 Å². The van der Waals surface area contributed by atoms with Crippen molar-refractivity contribution in [3.05, 3.63) is 218 Å². The third kappa shape index (κ3) is 5.45. The number of pyridine rings is 1. The van der Waals surface area contributed by atoms with Gasteiger partial charge in [0.1, 0.15) is 5.65 Å². The van der Waals surface area contributed by atoms with Crippen LogP contribution < -0.4 is 0 Å². The van der Waals surface area contributed by atoms with Gasteiger partial charge in [0.25, 0.3) is 0 Å². The molecule has 11 aromatic rings. The van der Waals surface area contributed by atoms with E-state index in [2.05, 4.69) is 166 Å². The molecule has 278 valence electrons. The van der Waals surface area contributed by atoms with Gasteiger partial charge in [0.15, 0.2) is 0 Å². The summed E-state index contributed by atoms with van der Waals surface area (Å²) in [5.41, 5.74) is 16.1. The van der Waals surface area contributed by atoms with Gasteiger partial charge in [-0.25, -0.2) is 15.0 Å². The van der Waals surface area contributed by atoms with Gasteiger partial charge >= 0.3 is 0 Å². The maximum absolute atomic E-state index is 4.92. The van der Waals surface area contributed by atoms with E-state index in [0.717, 1.165) is 40.3 Å². The molecule has 1 atom stereocenters. The van der Waals surface area contributed by atoms with Crippen LogP contribution >= 0.6 is 0 Å². The van der Waals surface area contributed by atoms with Crippen molar-refractivity contribution in [2.45, 2.75) is 12.3 Å². The first-order chi connectivity index (χ1) is 29.2. The van der Waals surface area contributed by atoms with Crippen LogP contribution in [0.3, 0.4) is 0 Å². The van der Waals surface area contributed by atoms with Crippen molar-refractivity contribution in [1.29, 1.82) is 0 Å². The number of imidazole rings is 2. The molecule has 59 heavy (non-hydrogen) atoms. The summed E-state index contributed by atoms with van der Waals surface area (Å²) < 4.78 is 6.54. The van der Waals surface area contributed by atoms with Gasteiger partial charge in [-0.05, 0) is 70.0 Å². The first-order valence-corrected chi connectivity index (χ1v) is 20.1. The number of allylic oxidation sites excluding steroid dienone is 2.